The summed E-state index contributed by atoms with van der Waals surface area (Å²) in [5.74, 6) is 3.25. The molecule has 2 atom stereocenters. The fraction of sp³-hybridized carbons (Fsp3) is 0.696. The van der Waals surface area contributed by atoms with Gasteiger partial charge in [0, 0.05) is 19.5 Å². The van der Waals surface area contributed by atoms with Gasteiger partial charge in [0.2, 0.25) is 5.91 Å². The van der Waals surface area contributed by atoms with Crippen molar-refractivity contribution in [1.82, 2.24) is 10.2 Å². The lowest BCUT2D eigenvalue weighted by molar-refractivity contribution is -0.133. The van der Waals surface area contributed by atoms with Gasteiger partial charge in [-0.25, -0.2) is 0 Å². The van der Waals surface area contributed by atoms with Crippen molar-refractivity contribution in [2.45, 2.75) is 46.5 Å². The van der Waals surface area contributed by atoms with Crippen LogP contribution in [0.4, 0.5) is 0 Å². The van der Waals surface area contributed by atoms with Crippen LogP contribution >= 0.6 is 0 Å². The smallest absolute Gasteiger partial charge is 0.222 e. The summed E-state index contributed by atoms with van der Waals surface area (Å²) in [6.45, 7) is 10.3. The quantitative estimate of drug-likeness (QED) is 0.661. The molecule has 1 aliphatic rings. The molecule has 1 fully saturated rings. The molecule has 1 saturated heterocycles. The van der Waals surface area contributed by atoms with Gasteiger partial charge in [-0.05, 0) is 67.8 Å². The van der Waals surface area contributed by atoms with Crippen LogP contribution in [0.2, 0.25) is 0 Å². The van der Waals surface area contributed by atoms with Crippen LogP contribution in [0.3, 0.4) is 0 Å². The largest absolute Gasteiger partial charge is 0.493 e. The zero-order chi connectivity index (χ0) is 20.5. The normalized spacial score (nSPS) is 18.0. The first-order valence-corrected chi connectivity index (χ1v) is 10.6. The average Bonchev–Trinajstić information content (AvgIpc) is 2.71. The Bertz CT molecular complexity index is 612. The maximum Gasteiger partial charge on any atom is 0.222 e. The molecule has 0 radical (unpaired) electrons. The number of nitrogens with zero attached hydrogens (tertiary/aromatic N) is 1. The van der Waals surface area contributed by atoms with E-state index in [2.05, 4.69) is 32.2 Å². The second kappa shape index (κ2) is 11.3. The maximum atomic E-state index is 13.0. The van der Waals surface area contributed by atoms with E-state index in [9.17, 15) is 4.79 Å². The number of ether oxygens (including phenoxy) is 2. The molecule has 1 aromatic rings. The zero-order valence-electron chi connectivity index (χ0n) is 18.3. The van der Waals surface area contributed by atoms with E-state index in [-0.39, 0.29) is 5.91 Å². The van der Waals surface area contributed by atoms with Crippen molar-refractivity contribution >= 4 is 5.91 Å². The van der Waals surface area contributed by atoms with Crippen molar-refractivity contribution in [3.05, 3.63) is 23.8 Å². The third-order valence-electron chi connectivity index (χ3n) is 5.69. The molecule has 1 aromatic carbocycles. The van der Waals surface area contributed by atoms with Crippen molar-refractivity contribution < 1.29 is 14.3 Å². The van der Waals surface area contributed by atoms with Crippen LogP contribution in [-0.4, -0.2) is 51.2 Å². The van der Waals surface area contributed by atoms with Gasteiger partial charge in [-0.2, -0.15) is 0 Å². The number of nitrogens with one attached hydrogen (secondary N) is 1. The Kier molecular flexibility index (Phi) is 9.10. The van der Waals surface area contributed by atoms with E-state index in [1.54, 1.807) is 14.2 Å². The summed E-state index contributed by atoms with van der Waals surface area (Å²) in [7, 11) is 3.29. The number of piperidine rings is 1. The van der Waals surface area contributed by atoms with Crippen LogP contribution in [-0.2, 0) is 11.2 Å². The minimum Gasteiger partial charge on any atom is -0.493 e. The molecule has 1 heterocycles. The molecular formula is C23H38N2O3. The van der Waals surface area contributed by atoms with Crippen LogP contribution < -0.4 is 14.8 Å². The highest BCUT2D eigenvalue weighted by molar-refractivity contribution is 5.76. The highest BCUT2D eigenvalue weighted by Gasteiger charge is 2.24. The first-order chi connectivity index (χ1) is 13.4. The lowest BCUT2D eigenvalue weighted by Gasteiger charge is -2.31. The van der Waals surface area contributed by atoms with Crippen LogP contribution in [0.1, 0.15) is 45.6 Å². The number of carbonyl (C=O) groups excluding carboxylic acids is 1. The number of rotatable bonds is 10. The molecule has 28 heavy (non-hydrogen) atoms. The molecule has 0 aliphatic carbocycles. The third-order valence-corrected chi connectivity index (χ3v) is 5.69. The second-order valence-corrected chi connectivity index (χ2v) is 8.46. The highest BCUT2D eigenvalue weighted by Crippen LogP contribution is 2.28. The summed E-state index contributed by atoms with van der Waals surface area (Å²) in [4.78, 5) is 15.1. The Morgan fingerprint density at radius 2 is 1.96 bits per heavy atom. The minimum atomic E-state index is 0.284. The summed E-state index contributed by atoms with van der Waals surface area (Å²) in [5, 5.41) is 3.47. The van der Waals surface area contributed by atoms with E-state index >= 15 is 0 Å². The molecule has 2 unspecified atom stereocenters. The van der Waals surface area contributed by atoms with Crippen molar-refractivity contribution in [3.63, 3.8) is 0 Å². The molecule has 0 aromatic heterocycles. The zero-order valence-corrected chi connectivity index (χ0v) is 18.3. The molecule has 0 bridgehead atoms. The highest BCUT2D eigenvalue weighted by atomic mass is 16.5. The fourth-order valence-electron chi connectivity index (χ4n) is 3.99. The van der Waals surface area contributed by atoms with Gasteiger partial charge in [0.25, 0.3) is 0 Å². The molecule has 158 valence electrons. The summed E-state index contributed by atoms with van der Waals surface area (Å²) in [6.07, 6.45) is 3.92. The van der Waals surface area contributed by atoms with Crippen LogP contribution in [0.5, 0.6) is 11.5 Å². The van der Waals surface area contributed by atoms with Crippen LogP contribution in [0.25, 0.3) is 0 Å². The number of hydrogen-bond donors (Lipinski definition) is 1. The Morgan fingerprint density at radius 3 is 2.57 bits per heavy atom. The summed E-state index contributed by atoms with van der Waals surface area (Å²) in [5.41, 5.74) is 1.16. The Morgan fingerprint density at radius 1 is 1.21 bits per heavy atom. The molecular weight excluding hydrogens is 352 g/mol. The number of benzene rings is 1. The summed E-state index contributed by atoms with van der Waals surface area (Å²) in [6, 6.07) is 5.99. The number of hydrogen-bond acceptors (Lipinski definition) is 4. The molecule has 0 spiro atoms. The Balaban J connectivity index is 1.97. The molecule has 5 heteroatoms. The van der Waals surface area contributed by atoms with Crippen molar-refractivity contribution in [2.24, 2.45) is 17.8 Å². The number of amides is 1. The number of methoxy groups -OCH3 is 2. The van der Waals surface area contributed by atoms with E-state index in [0.717, 1.165) is 49.7 Å². The predicted octanol–water partition coefficient (Wildman–Crippen LogP) is 3.76. The van der Waals surface area contributed by atoms with Gasteiger partial charge in [-0.3, -0.25) is 4.79 Å². The molecule has 1 amide bonds. The molecule has 1 N–H and O–H groups in total. The van der Waals surface area contributed by atoms with Crippen molar-refractivity contribution in [3.8, 4) is 11.5 Å². The third kappa shape index (κ3) is 6.69. The maximum absolute atomic E-state index is 13.0. The van der Waals surface area contributed by atoms with E-state index in [0.29, 0.717) is 24.2 Å². The first kappa shape index (κ1) is 22.5. The summed E-state index contributed by atoms with van der Waals surface area (Å²) >= 11 is 0. The standard InChI is InChI=1S/C23H38N2O3/c1-17(2)16-25(23(26)13-18(3)20-7-6-11-24-15-20)12-10-19-8-9-21(27-4)22(14-19)28-5/h8-9,14,17-18,20,24H,6-7,10-13,15-16H2,1-5H3. The molecule has 2 rings (SSSR count). The fourth-order valence-corrected chi connectivity index (χ4v) is 3.99. The van der Waals surface area contributed by atoms with Gasteiger partial charge in [0.05, 0.1) is 14.2 Å². The lowest BCUT2D eigenvalue weighted by Crippen LogP contribution is -2.39. The molecule has 0 saturated carbocycles. The van der Waals surface area contributed by atoms with Gasteiger partial charge >= 0.3 is 0 Å². The van der Waals surface area contributed by atoms with Gasteiger partial charge < -0.3 is 19.7 Å². The van der Waals surface area contributed by atoms with Crippen LogP contribution in [0, 0.1) is 17.8 Å². The van der Waals surface area contributed by atoms with Crippen molar-refractivity contribution in [1.29, 1.82) is 0 Å². The van der Waals surface area contributed by atoms with E-state index in [4.69, 9.17) is 9.47 Å². The van der Waals surface area contributed by atoms with Gasteiger partial charge in [-0.15, -0.1) is 0 Å². The minimum absolute atomic E-state index is 0.284. The first-order valence-electron chi connectivity index (χ1n) is 10.6. The van der Waals surface area contributed by atoms with Gasteiger partial charge in [0.1, 0.15) is 0 Å². The number of carbonyl (C=O) groups is 1. The van der Waals surface area contributed by atoms with E-state index in [1.165, 1.54) is 12.8 Å². The Hall–Kier alpha value is -1.75. The SMILES string of the molecule is COc1ccc(CCN(CC(C)C)C(=O)CC(C)C2CCCNC2)cc1OC. The van der Waals surface area contributed by atoms with Crippen LogP contribution in [0.15, 0.2) is 18.2 Å². The second-order valence-electron chi connectivity index (χ2n) is 8.46. The molecule has 5 nitrogen and oxygen atoms in total. The average molecular weight is 391 g/mol. The lowest BCUT2D eigenvalue weighted by atomic mass is 9.85. The Labute approximate surface area is 170 Å². The van der Waals surface area contributed by atoms with Crippen molar-refractivity contribution in [2.75, 3.05) is 40.4 Å². The van der Waals surface area contributed by atoms with Gasteiger partial charge in [0.15, 0.2) is 11.5 Å². The van der Waals surface area contributed by atoms with Gasteiger partial charge in [-0.1, -0.05) is 26.8 Å². The predicted molar refractivity (Wildman–Crippen MR) is 114 cm³/mol. The molecule has 1 aliphatic heterocycles. The summed E-state index contributed by atoms with van der Waals surface area (Å²) < 4.78 is 10.7. The monoisotopic (exact) mass is 390 g/mol. The van der Waals surface area contributed by atoms with E-state index < -0.39 is 0 Å². The topological polar surface area (TPSA) is 50.8 Å². The van der Waals surface area contributed by atoms with E-state index in [1.807, 2.05) is 17.0 Å².